The molecule has 0 spiro atoms. The van der Waals surface area contributed by atoms with Crippen molar-refractivity contribution in [3.05, 3.63) is 29.0 Å². The van der Waals surface area contributed by atoms with Gasteiger partial charge in [-0.05, 0) is 18.1 Å². The fourth-order valence-electron chi connectivity index (χ4n) is 1.76. The van der Waals surface area contributed by atoms with Gasteiger partial charge >= 0.3 is 0 Å². The third-order valence-corrected chi connectivity index (χ3v) is 4.93. The molecule has 0 saturated carbocycles. The lowest BCUT2D eigenvalue weighted by Gasteiger charge is -2.21. The molecular formula is C12H17ClFNO3S. The van der Waals surface area contributed by atoms with Crippen LogP contribution in [0.15, 0.2) is 23.1 Å². The molecule has 0 fully saturated rings. The lowest BCUT2D eigenvalue weighted by atomic mass is 10.2. The molecule has 0 aliphatic heterocycles. The molecular weight excluding hydrogens is 293 g/mol. The normalized spacial score (nSPS) is 13.8. The molecule has 19 heavy (non-hydrogen) atoms. The Hall–Kier alpha value is -0.690. The summed E-state index contributed by atoms with van der Waals surface area (Å²) in [6.07, 6.45) is 0. The van der Waals surface area contributed by atoms with Gasteiger partial charge in [-0.2, -0.15) is 0 Å². The molecule has 0 saturated heterocycles. The fourth-order valence-corrected chi connectivity index (χ4v) is 3.61. The van der Waals surface area contributed by atoms with E-state index in [2.05, 4.69) is 0 Å². The lowest BCUT2D eigenvalue weighted by molar-refractivity contribution is 0.151. The van der Waals surface area contributed by atoms with Gasteiger partial charge in [-0.15, -0.1) is 0 Å². The maximum atomic E-state index is 13.7. The van der Waals surface area contributed by atoms with E-state index in [-0.39, 0.29) is 17.5 Å². The zero-order valence-electron chi connectivity index (χ0n) is 11.1. The van der Waals surface area contributed by atoms with Crippen LogP contribution in [0.4, 0.5) is 4.39 Å². The standard InChI is InChI=1S/C12H17ClFNO3S/c1-9(8-18-3)7-15(2)19(16,17)12-10(13)5-4-6-11(12)14/h4-6,9H,7-8H2,1-3H3/t9-/m0/s1. The van der Waals surface area contributed by atoms with Crippen LogP contribution in [0.25, 0.3) is 0 Å². The van der Waals surface area contributed by atoms with Crippen LogP contribution in [-0.2, 0) is 14.8 Å². The van der Waals surface area contributed by atoms with Crippen molar-refractivity contribution in [2.45, 2.75) is 11.8 Å². The first-order valence-corrected chi connectivity index (χ1v) is 7.51. The van der Waals surface area contributed by atoms with E-state index >= 15 is 0 Å². The number of rotatable bonds is 6. The third-order valence-electron chi connectivity index (χ3n) is 2.61. The number of ether oxygens (including phenoxy) is 1. The Morgan fingerprint density at radius 3 is 2.63 bits per heavy atom. The second-order valence-electron chi connectivity index (χ2n) is 4.40. The zero-order chi connectivity index (χ0) is 14.6. The summed E-state index contributed by atoms with van der Waals surface area (Å²) in [4.78, 5) is -0.483. The average molecular weight is 310 g/mol. The molecule has 1 rings (SSSR count). The Kier molecular flexibility index (Phi) is 5.73. The van der Waals surface area contributed by atoms with E-state index in [1.807, 2.05) is 6.92 Å². The van der Waals surface area contributed by atoms with Crippen LogP contribution in [-0.4, -0.2) is 40.0 Å². The smallest absolute Gasteiger partial charge is 0.247 e. The van der Waals surface area contributed by atoms with Crippen molar-refractivity contribution in [3.8, 4) is 0 Å². The summed E-state index contributed by atoms with van der Waals surface area (Å²) in [5.41, 5.74) is 0. The monoisotopic (exact) mass is 309 g/mol. The van der Waals surface area contributed by atoms with E-state index < -0.39 is 20.7 Å². The molecule has 0 N–H and O–H groups in total. The molecule has 7 heteroatoms. The fraction of sp³-hybridized carbons (Fsp3) is 0.500. The Balaban J connectivity index is 3.04. The maximum absolute atomic E-state index is 13.7. The number of halogens is 2. The molecule has 0 heterocycles. The Bertz CT molecular complexity index is 516. The molecule has 0 aliphatic rings. The van der Waals surface area contributed by atoms with Crippen LogP contribution in [0.1, 0.15) is 6.92 Å². The first-order chi connectivity index (χ1) is 8.80. The number of methoxy groups -OCH3 is 1. The molecule has 4 nitrogen and oxygen atoms in total. The predicted molar refractivity (Wildman–Crippen MR) is 72.3 cm³/mol. The van der Waals surface area contributed by atoms with Gasteiger partial charge in [-0.3, -0.25) is 0 Å². The highest BCUT2D eigenvalue weighted by Gasteiger charge is 2.28. The summed E-state index contributed by atoms with van der Waals surface area (Å²) in [6, 6.07) is 3.79. The molecule has 0 bridgehead atoms. The number of hydrogen-bond acceptors (Lipinski definition) is 3. The minimum absolute atomic E-state index is 0.00433. The van der Waals surface area contributed by atoms with Crippen molar-refractivity contribution in [2.24, 2.45) is 5.92 Å². The second kappa shape index (κ2) is 6.65. The molecule has 1 aromatic carbocycles. The topological polar surface area (TPSA) is 46.6 Å². The quantitative estimate of drug-likeness (QED) is 0.810. The van der Waals surface area contributed by atoms with Crippen LogP contribution in [0.2, 0.25) is 5.02 Å². The van der Waals surface area contributed by atoms with E-state index in [9.17, 15) is 12.8 Å². The van der Waals surface area contributed by atoms with Gasteiger partial charge in [0.1, 0.15) is 10.7 Å². The molecule has 0 aromatic heterocycles. The molecule has 108 valence electrons. The van der Waals surface area contributed by atoms with E-state index in [1.165, 1.54) is 19.2 Å². The summed E-state index contributed by atoms with van der Waals surface area (Å²) < 4.78 is 44.3. The molecule has 0 aliphatic carbocycles. The van der Waals surface area contributed by atoms with Crippen LogP contribution in [0, 0.1) is 11.7 Å². The number of nitrogens with zero attached hydrogens (tertiary/aromatic N) is 1. The van der Waals surface area contributed by atoms with Gasteiger partial charge in [-0.1, -0.05) is 24.6 Å². The van der Waals surface area contributed by atoms with Crippen LogP contribution in [0.5, 0.6) is 0 Å². The summed E-state index contributed by atoms with van der Waals surface area (Å²) in [7, 11) is -1.01. The minimum Gasteiger partial charge on any atom is -0.384 e. The van der Waals surface area contributed by atoms with Crippen molar-refractivity contribution in [2.75, 3.05) is 27.3 Å². The molecule has 1 aromatic rings. The van der Waals surface area contributed by atoms with Gasteiger partial charge in [0.05, 0.1) is 5.02 Å². The van der Waals surface area contributed by atoms with Crippen molar-refractivity contribution in [3.63, 3.8) is 0 Å². The van der Waals surface area contributed by atoms with Crippen molar-refractivity contribution in [1.29, 1.82) is 0 Å². The molecule has 0 unspecified atom stereocenters. The average Bonchev–Trinajstić information content (AvgIpc) is 2.28. The highest BCUT2D eigenvalue weighted by molar-refractivity contribution is 7.89. The van der Waals surface area contributed by atoms with Gasteiger partial charge in [0.25, 0.3) is 0 Å². The van der Waals surface area contributed by atoms with Gasteiger partial charge in [-0.25, -0.2) is 17.1 Å². The first-order valence-electron chi connectivity index (χ1n) is 5.70. The van der Waals surface area contributed by atoms with Gasteiger partial charge < -0.3 is 4.74 Å². The summed E-state index contributed by atoms with van der Waals surface area (Å²) in [5.74, 6) is -0.853. The van der Waals surface area contributed by atoms with E-state index in [4.69, 9.17) is 16.3 Å². The third kappa shape index (κ3) is 3.89. The van der Waals surface area contributed by atoms with Gasteiger partial charge in [0.15, 0.2) is 0 Å². The first kappa shape index (κ1) is 16.4. The maximum Gasteiger partial charge on any atom is 0.247 e. The van der Waals surface area contributed by atoms with Gasteiger partial charge in [0, 0.05) is 27.3 Å². The Morgan fingerprint density at radius 2 is 2.11 bits per heavy atom. The SMILES string of the molecule is COC[C@@H](C)CN(C)S(=O)(=O)c1c(F)cccc1Cl. The molecule has 0 amide bonds. The Labute approximate surface area is 118 Å². The summed E-state index contributed by atoms with van der Waals surface area (Å²) in [6.45, 7) is 2.49. The zero-order valence-corrected chi connectivity index (χ0v) is 12.6. The number of sulfonamides is 1. The molecule has 0 radical (unpaired) electrons. The van der Waals surface area contributed by atoms with E-state index in [1.54, 1.807) is 7.11 Å². The second-order valence-corrected chi connectivity index (χ2v) is 6.79. The summed E-state index contributed by atoms with van der Waals surface area (Å²) in [5, 5.41) is -0.119. The lowest BCUT2D eigenvalue weighted by Crippen LogP contribution is -2.33. The highest BCUT2D eigenvalue weighted by Crippen LogP contribution is 2.27. The van der Waals surface area contributed by atoms with Crippen LogP contribution in [0.3, 0.4) is 0 Å². The van der Waals surface area contributed by atoms with Crippen molar-refractivity contribution >= 4 is 21.6 Å². The Morgan fingerprint density at radius 1 is 1.47 bits per heavy atom. The van der Waals surface area contributed by atoms with Gasteiger partial charge in [0.2, 0.25) is 10.0 Å². The van der Waals surface area contributed by atoms with Crippen molar-refractivity contribution in [1.82, 2.24) is 4.31 Å². The predicted octanol–water partition coefficient (Wildman–Crippen LogP) is 2.38. The molecule has 1 atom stereocenters. The van der Waals surface area contributed by atoms with Crippen LogP contribution < -0.4 is 0 Å². The summed E-state index contributed by atoms with van der Waals surface area (Å²) >= 11 is 5.79. The number of benzene rings is 1. The van der Waals surface area contributed by atoms with E-state index in [0.29, 0.717) is 6.61 Å². The van der Waals surface area contributed by atoms with Crippen molar-refractivity contribution < 1.29 is 17.5 Å². The van der Waals surface area contributed by atoms with E-state index in [0.717, 1.165) is 10.4 Å². The number of hydrogen-bond donors (Lipinski definition) is 0. The van der Waals surface area contributed by atoms with Crippen LogP contribution >= 0.6 is 11.6 Å². The minimum atomic E-state index is -3.94. The largest absolute Gasteiger partial charge is 0.384 e. The highest BCUT2D eigenvalue weighted by atomic mass is 35.5.